The predicted octanol–water partition coefficient (Wildman–Crippen LogP) is 3.27. The topological polar surface area (TPSA) is 42.2 Å². The first-order valence-electron chi connectivity index (χ1n) is 5.84. The van der Waals surface area contributed by atoms with Gasteiger partial charge in [0.25, 0.3) is 0 Å². The molecule has 5 heteroatoms. The van der Waals surface area contributed by atoms with Crippen molar-refractivity contribution in [1.82, 2.24) is 14.6 Å². The molecule has 0 unspecified atom stereocenters. The van der Waals surface area contributed by atoms with E-state index < -0.39 is 0 Å². The highest BCUT2D eigenvalue weighted by Gasteiger charge is 2.09. The van der Waals surface area contributed by atoms with Crippen LogP contribution in [0.2, 0.25) is 0 Å². The first-order chi connectivity index (χ1) is 8.74. The SMILES string of the molecule is Cc1cc(N[C@@H](C)c2ccsc2)n2nccc2n1. The molecule has 0 aliphatic heterocycles. The van der Waals surface area contributed by atoms with E-state index in [0.717, 1.165) is 17.2 Å². The van der Waals surface area contributed by atoms with Crippen LogP contribution in [0.25, 0.3) is 5.65 Å². The van der Waals surface area contributed by atoms with Crippen molar-refractivity contribution in [3.63, 3.8) is 0 Å². The lowest BCUT2D eigenvalue weighted by atomic mass is 10.2. The summed E-state index contributed by atoms with van der Waals surface area (Å²) in [5.41, 5.74) is 3.15. The first kappa shape index (κ1) is 11.2. The Hall–Kier alpha value is -1.88. The normalized spacial score (nSPS) is 12.8. The Labute approximate surface area is 109 Å². The molecule has 1 N–H and O–H groups in total. The second-order valence-corrected chi connectivity index (χ2v) is 5.09. The van der Waals surface area contributed by atoms with E-state index in [1.54, 1.807) is 17.5 Å². The number of hydrogen-bond acceptors (Lipinski definition) is 4. The quantitative estimate of drug-likeness (QED) is 0.784. The van der Waals surface area contributed by atoms with Crippen LogP contribution in [0.1, 0.15) is 24.2 Å². The Morgan fingerprint density at radius 1 is 1.39 bits per heavy atom. The molecule has 0 saturated heterocycles. The predicted molar refractivity (Wildman–Crippen MR) is 74.1 cm³/mol. The van der Waals surface area contributed by atoms with Gasteiger partial charge < -0.3 is 5.32 Å². The van der Waals surface area contributed by atoms with Crippen LogP contribution in [0.5, 0.6) is 0 Å². The zero-order chi connectivity index (χ0) is 12.5. The molecule has 3 rings (SSSR count). The third-order valence-electron chi connectivity index (χ3n) is 2.90. The molecule has 4 nitrogen and oxygen atoms in total. The molecular weight excluding hydrogens is 244 g/mol. The lowest BCUT2D eigenvalue weighted by molar-refractivity contribution is 0.841. The summed E-state index contributed by atoms with van der Waals surface area (Å²) in [4.78, 5) is 4.43. The van der Waals surface area contributed by atoms with Gasteiger partial charge in [-0.25, -0.2) is 4.98 Å². The number of rotatable bonds is 3. The fourth-order valence-electron chi connectivity index (χ4n) is 1.97. The molecule has 0 bridgehead atoms. The van der Waals surface area contributed by atoms with E-state index in [4.69, 9.17) is 0 Å². The van der Waals surface area contributed by atoms with E-state index in [2.05, 4.69) is 39.1 Å². The highest BCUT2D eigenvalue weighted by Crippen LogP contribution is 2.21. The van der Waals surface area contributed by atoms with E-state index in [1.807, 2.05) is 23.6 Å². The maximum absolute atomic E-state index is 4.43. The zero-order valence-electron chi connectivity index (χ0n) is 10.3. The molecule has 18 heavy (non-hydrogen) atoms. The number of nitrogens with zero attached hydrogens (tertiary/aromatic N) is 3. The van der Waals surface area contributed by atoms with Gasteiger partial charge >= 0.3 is 0 Å². The summed E-state index contributed by atoms with van der Waals surface area (Å²) >= 11 is 1.71. The Morgan fingerprint density at radius 3 is 3.06 bits per heavy atom. The maximum Gasteiger partial charge on any atom is 0.157 e. The number of aryl methyl sites for hydroxylation is 1. The standard InChI is InChI=1S/C13H14N4S/c1-9-7-13(17-12(15-9)3-5-14-17)16-10(2)11-4-6-18-8-11/h3-8,10,16H,1-2H3/t10-/m0/s1. The first-order valence-corrected chi connectivity index (χ1v) is 6.78. The Kier molecular flexibility index (Phi) is 2.76. The van der Waals surface area contributed by atoms with Gasteiger partial charge in [0.15, 0.2) is 5.65 Å². The molecule has 0 amide bonds. The molecule has 0 saturated carbocycles. The summed E-state index contributed by atoms with van der Waals surface area (Å²) in [5.74, 6) is 0.973. The van der Waals surface area contributed by atoms with Crippen LogP contribution in [-0.4, -0.2) is 14.6 Å². The maximum atomic E-state index is 4.43. The number of hydrogen-bond donors (Lipinski definition) is 1. The third kappa shape index (κ3) is 1.97. The van der Waals surface area contributed by atoms with Gasteiger partial charge in [-0.3, -0.25) is 0 Å². The zero-order valence-corrected chi connectivity index (χ0v) is 11.1. The summed E-state index contributed by atoms with van der Waals surface area (Å²) in [6, 6.07) is 6.32. The lowest BCUT2D eigenvalue weighted by Gasteiger charge is -2.15. The van der Waals surface area contributed by atoms with Gasteiger partial charge in [-0.15, -0.1) is 0 Å². The molecule has 0 aliphatic rings. The van der Waals surface area contributed by atoms with E-state index in [-0.39, 0.29) is 6.04 Å². The van der Waals surface area contributed by atoms with Crippen LogP contribution >= 0.6 is 11.3 Å². The highest BCUT2D eigenvalue weighted by atomic mass is 32.1. The van der Waals surface area contributed by atoms with E-state index in [0.29, 0.717) is 0 Å². The average Bonchev–Trinajstić information content (AvgIpc) is 2.98. The minimum absolute atomic E-state index is 0.255. The molecule has 0 spiro atoms. The molecule has 0 fully saturated rings. The number of aromatic nitrogens is 3. The van der Waals surface area contributed by atoms with Crippen LogP contribution in [0, 0.1) is 6.92 Å². The van der Waals surface area contributed by atoms with Gasteiger partial charge in [0.1, 0.15) is 5.82 Å². The van der Waals surface area contributed by atoms with Gasteiger partial charge in [-0.05, 0) is 36.2 Å². The second kappa shape index (κ2) is 4.42. The van der Waals surface area contributed by atoms with Crippen molar-refractivity contribution in [1.29, 1.82) is 0 Å². The monoisotopic (exact) mass is 258 g/mol. The van der Waals surface area contributed by atoms with Gasteiger partial charge in [0, 0.05) is 17.8 Å². The van der Waals surface area contributed by atoms with E-state index in [9.17, 15) is 0 Å². The average molecular weight is 258 g/mol. The smallest absolute Gasteiger partial charge is 0.157 e. The van der Waals surface area contributed by atoms with E-state index >= 15 is 0 Å². The molecule has 0 aliphatic carbocycles. The van der Waals surface area contributed by atoms with Gasteiger partial charge in [0.2, 0.25) is 0 Å². The fraction of sp³-hybridized carbons (Fsp3) is 0.231. The van der Waals surface area contributed by atoms with Crippen molar-refractivity contribution < 1.29 is 0 Å². The van der Waals surface area contributed by atoms with Crippen molar-refractivity contribution in [2.24, 2.45) is 0 Å². The largest absolute Gasteiger partial charge is 0.363 e. The molecular formula is C13H14N4S. The van der Waals surface area contributed by atoms with Gasteiger partial charge in [0.05, 0.1) is 12.2 Å². The summed E-state index contributed by atoms with van der Waals surface area (Å²) in [6.45, 7) is 4.14. The Bertz CT molecular complexity index is 657. The molecule has 1 atom stereocenters. The molecule has 3 heterocycles. The van der Waals surface area contributed by atoms with Gasteiger partial charge in [-0.1, -0.05) is 0 Å². The van der Waals surface area contributed by atoms with E-state index in [1.165, 1.54) is 5.56 Å². The van der Waals surface area contributed by atoms with Gasteiger partial charge in [-0.2, -0.15) is 21.0 Å². The third-order valence-corrected chi connectivity index (χ3v) is 3.60. The van der Waals surface area contributed by atoms with Crippen LogP contribution < -0.4 is 5.32 Å². The minimum atomic E-state index is 0.255. The number of fused-ring (bicyclic) bond motifs is 1. The summed E-state index contributed by atoms with van der Waals surface area (Å²) in [5, 5.41) is 12.0. The van der Waals surface area contributed by atoms with Crippen molar-refractivity contribution in [2.75, 3.05) is 5.32 Å². The second-order valence-electron chi connectivity index (χ2n) is 4.31. The van der Waals surface area contributed by atoms with Crippen molar-refractivity contribution >= 4 is 22.8 Å². The highest BCUT2D eigenvalue weighted by molar-refractivity contribution is 7.07. The molecule has 0 aromatic carbocycles. The number of nitrogens with one attached hydrogen (secondary N) is 1. The van der Waals surface area contributed by atoms with Crippen LogP contribution in [0.15, 0.2) is 35.2 Å². The van der Waals surface area contributed by atoms with Crippen LogP contribution in [0.4, 0.5) is 5.82 Å². The molecule has 3 aromatic rings. The number of anilines is 1. The van der Waals surface area contributed by atoms with Crippen molar-refractivity contribution in [3.8, 4) is 0 Å². The van der Waals surface area contributed by atoms with Crippen molar-refractivity contribution in [3.05, 3.63) is 46.4 Å². The van der Waals surface area contributed by atoms with Crippen LogP contribution in [0.3, 0.4) is 0 Å². The van der Waals surface area contributed by atoms with Crippen LogP contribution in [-0.2, 0) is 0 Å². The lowest BCUT2D eigenvalue weighted by Crippen LogP contribution is -2.10. The summed E-state index contributed by atoms with van der Waals surface area (Å²) in [7, 11) is 0. The Balaban J connectivity index is 1.97. The molecule has 0 radical (unpaired) electrons. The fourth-order valence-corrected chi connectivity index (χ4v) is 2.72. The molecule has 92 valence electrons. The minimum Gasteiger partial charge on any atom is -0.363 e. The number of thiophene rings is 1. The molecule has 3 aromatic heterocycles. The van der Waals surface area contributed by atoms with Crippen molar-refractivity contribution in [2.45, 2.75) is 19.9 Å². The summed E-state index contributed by atoms with van der Waals surface area (Å²) < 4.78 is 1.83. The summed E-state index contributed by atoms with van der Waals surface area (Å²) in [6.07, 6.45) is 1.77. The Morgan fingerprint density at radius 2 is 2.28 bits per heavy atom.